The molecule has 9 heteroatoms. The van der Waals surface area contributed by atoms with Gasteiger partial charge in [-0.15, -0.1) is 0 Å². The van der Waals surface area contributed by atoms with Crippen LogP contribution in [0.25, 0.3) is 0 Å². The first kappa shape index (κ1) is 23.0. The summed E-state index contributed by atoms with van der Waals surface area (Å²) >= 11 is 0. The minimum absolute atomic E-state index is 0.0946. The molecule has 1 fully saturated rings. The monoisotopic (exact) mass is 468 g/mol. The normalized spacial score (nSPS) is 14.9. The third-order valence-electron chi connectivity index (χ3n) is 6.02. The molecule has 0 aliphatic carbocycles. The second-order valence-corrected chi connectivity index (χ2v) is 10.00. The van der Waals surface area contributed by atoms with E-state index in [1.54, 1.807) is 29.2 Å². The lowest BCUT2D eigenvalue weighted by Crippen LogP contribution is -2.48. The number of piperazine rings is 1. The van der Waals surface area contributed by atoms with Crippen LogP contribution in [0.5, 0.6) is 0 Å². The summed E-state index contributed by atoms with van der Waals surface area (Å²) in [5.74, 6) is 0.737. The molecule has 0 saturated carbocycles. The topological polar surface area (TPSA) is 95.8 Å². The van der Waals surface area contributed by atoms with Crippen molar-refractivity contribution in [2.45, 2.75) is 32.2 Å². The molecule has 4 rings (SSSR count). The Morgan fingerprint density at radius 2 is 1.67 bits per heavy atom. The fraction of sp³-hybridized carbons (Fsp3) is 0.333. The van der Waals surface area contributed by atoms with Gasteiger partial charge in [0.05, 0.1) is 16.3 Å². The van der Waals surface area contributed by atoms with Gasteiger partial charge in [-0.1, -0.05) is 23.4 Å². The molecule has 0 atom stereocenters. The van der Waals surface area contributed by atoms with Gasteiger partial charge in [0, 0.05) is 43.9 Å². The van der Waals surface area contributed by atoms with E-state index < -0.39 is 10.0 Å². The van der Waals surface area contributed by atoms with Crippen molar-refractivity contribution in [2.24, 2.45) is 0 Å². The summed E-state index contributed by atoms with van der Waals surface area (Å²) in [5.41, 5.74) is 3.85. The summed E-state index contributed by atoms with van der Waals surface area (Å²) in [6.45, 7) is 9.17. The fourth-order valence-electron chi connectivity index (χ4n) is 3.91. The molecule has 0 spiro atoms. The van der Waals surface area contributed by atoms with Gasteiger partial charge in [-0.05, 0) is 56.7 Å². The van der Waals surface area contributed by atoms with Crippen LogP contribution < -0.4 is 4.72 Å². The van der Waals surface area contributed by atoms with Crippen LogP contribution >= 0.6 is 0 Å². The first-order chi connectivity index (χ1) is 15.7. The van der Waals surface area contributed by atoms with Crippen molar-refractivity contribution in [3.63, 3.8) is 0 Å². The second kappa shape index (κ2) is 9.36. The number of para-hydroxylation sites is 1. The number of hydrogen-bond donors (Lipinski definition) is 1. The number of sulfonamides is 1. The molecule has 1 N–H and O–H groups in total. The molecule has 0 radical (unpaired) electrons. The summed E-state index contributed by atoms with van der Waals surface area (Å²) in [6.07, 6.45) is 0. The van der Waals surface area contributed by atoms with E-state index in [1.165, 1.54) is 12.1 Å². The van der Waals surface area contributed by atoms with Crippen LogP contribution in [0.2, 0.25) is 0 Å². The Balaban J connectivity index is 1.37. The van der Waals surface area contributed by atoms with Crippen LogP contribution in [-0.4, -0.2) is 55.5 Å². The molecule has 1 aromatic heterocycles. The Morgan fingerprint density at radius 3 is 2.27 bits per heavy atom. The first-order valence-corrected chi connectivity index (χ1v) is 12.3. The highest BCUT2D eigenvalue weighted by Crippen LogP contribution is 2.21. The van der Waals surface area contributed by atoms with Crippen molar-refractivity contribution < 1.29 is 17.7 Å². The fourth-order valence-corrected chi connectivity index (χ4v) is 5.04. The molecule has 33 heavy (non-hydrogen) atoms. The molecule has 3 aromatic rings. The molecule has 1 saturated heterocycles. The molecule has 2 aromatic carbocycles. The Labute approximate surface area is 194 Å². The number of carbonyl (C=O) groups is 1. The SMILES string of the molecule is Cc1ccccc1NS(=O)(=O)c1ccc(C(=O)N2CCN(Cc3c(C)noc3C)CC2)cc1. The van der Waals surface area contributed by atoms with Gasteiger partial charge in [0.15, 0.2) is 0 Å². The lowest BCUT2D eigenvalue weighted by molar-refractivity contribution is 0.0627. The number of nitrogens with zero attached hydrogens (tertiary/aromatic N) is 3. The van der Waals surface area contributed by atoms with Crippen LogP contribution in [0.1, 0.15) is 32.9 Å². The molecule has 0 bridgehead atoms. The smallest absolute Gasteiger partial charge is 0.261 e. The predicted molar refractivity (Wildman–Crippen MR) is 126 cm³/mol. The van der Waals surface area contributed by atoms with E-state index in [1.807, 2.05) is 32.9 Å². The van der Waals surface area contributed by atoms with Crippen molar-refractivity contribution in [3.05, 3.63) is 76.7 Å². The third-order valence-corrected chi connectivity index (χ3v) is 7.40. The van der Waals surface area contributed by atoms with Gasteiger partial charge >= 0.3 is 0 Å². The van der Waals surface area contributed by atoms with Crippen molar-refractivity contribution in [3.8, 4) is 0 Å². The van der Waals surface area contributed by atoms with E-state index >= 15 is 0 Å². The number of benzene rings is 2. The highest BCUT2D eigenvalue weighted by molar-refractivity contribution is 7.92. The number of nitrogens with one attached hydrogen (secondary N) is 1. The predicted octanol–water partition coefficient (Wildman–Crippen LogP) is 3.36. The zero-order valence-electron chi connectivity index (χ0n) is 19.0. The highest BCUT2D eigenvalue weighted by atomic mass is 32.2. The summed E-state index contributed by atoms with van der Waals surface area (Å²) in [5, 5.41) is 4.00. The number of hydrogen-bond acceptors (Lipinski definition) is 6. The van der Waals surface area contributed by atoms with Gasteiger partial charge < -0.3 is 9.42 Å². The second-order valence-electron chi connectivity index (χ2n) is 8.32. The molecule has 174 valence electrons. The Morgan fingerprint density at radius 1 is 1.00 bits per heavy atom. The van der Waals surface area contributed by atoms with Crippen molar-refractivity contribution >= 4 is 21.6 Å². The van der Waals surface area contributed by atoms with Gasteiger partial charge in [0.25, 0.3) is 15.9 Å². The molecular formula is C24H28N4O4S. The maximum atomic E-state index is 12.9. The molecule has 2 heterocycles. The zero-order valence-corrected chi connectivity index (χ0v) is 19.9. The van der Waals surface area contributed by atoms with E-state index in [0.717, 1.165) is 42.2 Å². The lowest BCUT2D eigenvalue weighted by atomic mass is 10.1. The van der Waals surface area contributed by atoms with E-state index in [9.17, 15) is 13.2 Å². The Kier molecular flexibility index (Phi) is 6.53. The van der Waals surface area contributed by atoms with Gasteiger partial charge in [-0.2, -0.15) is 0 Å². The summed E-state index contributed by atoms with van der Waals surface area (Å²) in [7, 11) is -3.74. The number of anilines is 1. The number of amides is 1. The number of aryl methyl sites for hydroxylation is 3. The van der Waals surface area contributed by atoms with Crippen LogP contribution in [0, 0.1) is 20.8 Å². The van der Waals surface area contributed by atoms with E-state index in [0.29, 0.717) is 24.3 Å². The average molecular weight is 469 g/mol. The van der Waals surface area contributed by atoms with Gasteiger partial charge in [-0.25, -0.2) is 8.42 Å². The first-order valence-electron chi connectivity index (χ1n) is 10.9. The van der Waals surface area contributed by atoms with Crippen LogP contribution in [0.4, 0.5) is 5.69 Å². The molecule has 1 aliphatic heterocycles. The maximum Gasteiger partial charge on any atom is 0.261 e. The van der Waals surface area contributed by atoms with E-state index in [4.69, 9.17) is 4.52 Å². The lowest BCUT2D eigenvalue weighted by Gasteiger charge is -2.34. The minimum atomic E-state index is -3.74. The van der Waals surface area contributed by atoms with Crippen LogP contribution in [-0.2, 0) is 16.6 Å². The number of aromatic nitrogens is 1. The van der Waals surface area contributed by atoms with E-state index in [2.05, 4.69) is 14.8 Å². The van der Waals surface area contributed by atoms with Gasteiger partial charge in [0.2, 0.25) is 0 Å². The molecule has 8 nitrogen and oxygen atoms in total. The van der Waals surface area contributed by atoms with E-state index in [-0.39, 0.29) is 10.8 Å². The summed E-state index contributed by atoms with van der Waals surface area (Å²) in [4.78, 5) is 17.1. The van der Waals surface area contributed by atoms with Crippen LogP contribution in [0.3, 0.4) is 0 Å². The number of carbonyl (C=O) groups excluding carboxylic acids is 1. The zero-order chi connectivity index (χ0) is 23.6. The van der Waals surface area contributed by atoms with Crippen molar-refractivity contribution in [1.29, 1.82) is 0 Å². The third kappa shape index (κ3) is 5.09. The van der Waals surface area contributed by atoms with Crippen molar-refractivity contribution in [1.82, 2.24) is 15.0 Å². The Bertz CT molecular complexity index is 1220. The molecule has 1 aliphatic rings. The minimum Gasteiger partial charge on any atom is -0.361 e. The standard InChI is InChI=1S/C24H28N4O4S/c1-17-6-4-5-7-23(17)26-33(30,31)21-10-8-20(9-11-21)24(29)28-14-12-27(13-15-28)16-22-18(2)25-32-19(22)3/h4-11,26H,12-16H2,1-3H3. The highest BCUT2D eigenvalue weighted by Gasteiger charge is 2.24. The van der Waals surface area contributed by atoms with Gasteiger partial charge in [-0.3, -0.25) is 14.4 Å². The molecule has 0 unspecified atom stereocenters. The summed E-state index contributed by atoms with van der Waals surface area (Å²) < 4.78 is 33.3. The average Bonchev–Trinajstić information content (AvgIpc) is 3.13. The Hall–Kier alpha value is -3.17. The molecule has 1 amide bonds. The quantitative estimate of drug-likeness (QED) is 0.596. The summed E-state index contributed by atoms with van der Waals surface area (Å²) in [6, 6.07) is 13.3. The maximum absolute atomic E-state index is 12.9. The number of rotatable bonds is 6. The largest absolute Gasteiger partial charge is 0.361 e. The van der Waals surface area contributed by atoms with Crippen LogP contribution in [0.15, 0.2) is 57.9 Å². The molecular weight excluding hydrogens is 440 g/mol. The van der Waals surface area contributed by atoms with Crippen molar-refractivity contribution in [2.75, 3.05) is 30.9 Å². The van der Waals surface area contributed by atoms with Gasteiger partial charge in [0.1, 0.15) is 5.76 Å².